The van der Waals surface area contributed by atoms with E-state index in [2.05, 4.69) is 4.98 Å². The van der Waals surface area contributed by atoms with Crippen molar-refractivity contribution in [2.75, 3.05) is 11.9 Å². The van der Waals surface area contributed by atoms with Crippen LogP contribution in [-0.2, 0) is 12.4 Å². The Bertz CT molecular complexity index is 485. The van der Waals surface area contributed by atoms with Crippen molar-refractivity contribution in [2.45, 2.75) is 12.4 Å². The lowest BCUT2D eigenvalue weighted by Crippen LogP contribution is -2.17. The number of pyridine rings is 1. The molecule has 2 rings (SSSR count). The highest BCUT2D eigenvalue weighted by Crippen LogP contribution is 2.25. The molecule has 2 aromatic rings. The van der Waals surface area contributed by atoms with Gasteiger partial charge in [-0.3, -0.25) is 0 Å². The van der Waals surface area contributed by atoms with Gasteiger partial charge < -0.3 is 9.32 Å². The van der Waals surface area contributed by atoms with Crippen molar-refractivity contribution in [1.29, 1.82) is 0 Å². The van der Waals surface area contributed by atoms with E-state index in [0.717, 1.165) is 17.1 Å². The molecule has 90 valence electrons. The van der Waals surface area contributed by atoms with E-state index >= 15 is 0 Å². The Labute approximate surface area is 110 Å². The van der Waals surface area contributed by atoms with E-state index in [1.165, 1.54) is 0 Å². The summed E-state index contributed by atoms with van der Waals surface area (Å²) in [5.41, 5.74) is 0.909. The minimum atomic E-state index is 0.412. The van der Waals surface area contributed by atoms with Gasteiger partial charge in [-0.1, -0.05) is 11.6 Å². The molecule has 0 fully saturated rings. The van der Waals surface area contributed by atoms with Crippen LogP contribution in [0.4, 0.5) is 5.82 Å². The number of hydrogen-bond donors (Lipinski definition) is 0. The number of rotatable bonds is 4. The van der Waals surface area contributed by atoms with Crippen LogP contribution in [-0.4, -0.2) is 12.0 Å². The van der Waals surface area contributed by atoms with Crippen LogP contribution in [0, 0.1) is 0 Å². The largest absolute Gasteiger partial charge is 0.467 e. The van der Waals surface area contributed by atoms with Crippen molar-refractivity contribution in [1.82, 2.24) is 4.98 Å². The zero-order chi connectivity index (χ0) is 12.3. The number of anilines is 1. The number of aromatic nitrogens is 1. The Balaban J connectivity index is 2.16. The summed E-state index contributed by atoms with van der Waals surface area (Å²) < 4.78 is 5.28. The third kappa shape index (κ3) is 2.93. The topological polar surface area (TPSA) is 29.3 Å². The van der Waals surface area contributed by atoms with Crippen molar-refractivity contribution < 1.29 is 4.42 Å². The van der Waals surface area contributed by atoms with Gasteiger partial charge in [0.1, 0.15) is 11.6 Å². The van der Waals surface area contributed by atoms with Gasteiger partial charge in [0.15, 0.2) is 0 Å². The molecule has 0 saturated heterocycles. The second-order valence-electron chi connectivity index (χ2n) is 3.72. The van der Waals surface area contributed by atoms with Gasteiger partial charge in [-0.2, -0.15) is 0 Å². The molecule has 2 aromatic heterocycles. The number of furan rings is 1. The van der Waals surface area contributed by atoms with Crippen LogP contribution in [0.25, 0.3) is 0 Å². The van der Waals surface area contributed by atoms with Gasteiger partial charge in [-0.05, 0) is 23.8 Å². The predicted molar refractivity (Wildman–Crippen MR) is 69.6 cm³/mol. The van der Waals surface area contributed by atoms with Crippen molar-refractivity contribution in [3.8, 4) is 0 Å². The van der Waals surface area contributed by atoms with E-state index in [0.29, 0.717) is 17.4 Å². The summed E-state index contributed by atoms with van der Waals surface area (Å²) in [7, 11) is 1.91. The lowest BCUT2D eigenvalue weighted by molar-refractivity contribution is 0.507. The van der Waals surface area contributed by atoms with Gasteiger partial charge in [0.05, 0.1) is 17.8 Å². The van der Waals surface area contributed by atoms with Crippen molar-refractivity contribution in [2.24, 2.45) is 0 Å². The van der Waals surface area contributed by atoms with Gasteiger partial charge in [0.25, 0.3) is 0 Å². The zero-order valence-corrected chi connectivity index (χ0v) is 10.9. The lowest BCUT2D eigenvalue weighted by atomic mass is 10.3. The SMILES string of the molecule is CN(Cc1ccco1)c1ncc(CCl)cc1Cl. The molecule has 3 nitrogen and oxygen atoms in total. The van der Waals surface area contributed by atoms with E-state index in [1.807, 2.05) is 30.1 Å². The molecule has 0 amide bonds. The predicted octanol–water partition coefficient (Wildman–Crippen LogP) is 3.70. The Hall–Kier alpha value is -1.19. The summed E-state index contributed by atoms with van der Waals surface area (Å²) in [4.78, 5) is 6.23. The van der Waals surface area contributed by atoms with Crippen LogP contribution in [0.1, 0.15) is 11.3 Å². The molecule has 0 N–H and O–H groups in total. The standard InChI is InChI=1S/C12H12Cl2N2O/c1-16(8-10-3-2-4-17-10)12-11(14)5-9(6-13)7-15-12/h2-5,7H,6,8H2,1H3. The smallest absolute Gasteiger partial charge is 0.147 e. The first-order chi connectivity index (χ1) is 8.20. The lowest BCUT2D eigenvalue weighted by Gasteiger charge is -2.18. The third-order valence-corrected chi connectivity index (χ3v) is 2.95. The van der Waals surface area contributed by atoms with Gasteiger partial charge in [-0.25, -0.2) is 4.98 Å². The summed E-state index contributed by atoms with van der Waals surface area (Å²) in [5, 5.41) is 0.595. The summed E-state index contributed by atoms with van der Waals surface area (Å²) in [6.07, 6.45) is 3.38. The van der Waals surface area contributed by atoms with Crippen LogP contribution in [0.2, 0.25) is 5.02 Å². The first kappa shape index (κ1) is 12.3. The van der Waals surface area contributed by atoms with E-state index in [-0.39, 0.29) is 0 Å². The van der Waals surface area contributed by atoms with E-state index in [9.17, 15) is 0 Å². The molecular weight excluding hydrogens is 259 g/mol. The molecule has 0 radical (unpaired) electrons. The van der Waals surface area contributed by atoms with Gasteiger partial charge in [-0.15, -0.1) is 11.6 Å². The Morgan fingerprint density at radius 1 is 1.47 bits per heavy atom. The first-order valence-corrected chi connectivity index (χ1v) is 6.06. The Kier molecular flexibility index (Phi) is 3.92. The van der Waals surface area contributed by atoms with Gasteiger partial charge in [0.2, 0.25) is 0 Å². The molecule has 5 heteroatoms. The maximum Gasteiger partial charge on any atom is 0.147 e. The molecule has 0 atom stereocenters. The highest BCUT2D eigenvalue weighted by molar-refractivity contribution is 6.33. The molecule has 0 bridgehead atoms. The molecule has 0 aliphatic rings. The highest BCUT2D eigenvalue weighted by atomic mass is 35.5. The number of hydrogen-bond acceptors (Lipinski definition) is 3. The van der Waals surface area contributed by atoms with E-state index in [4.69, 9.17) is 27.6 Å². The molecule has 0 aromatic carbocycles. The summed E-state index contributed by atoms with van der Waals surface area (Å²) in [6.45, 7) is 0.625. The molecule has 2 heterocycles. The molecule has 0 spiro atoms. The molecule has 0 saturated carbocycles. The fourth-order valence-electron chi connectivity index (χ4n) is 1.54. The van der Waals surface area contributed by atoms with Gasteiger partial charge in [0, 0.05) is 19.1 Å². The summed E-state index contributed by atoms with van der Waals surface area (Å²) in [5.74, 6) is 2.00. The zero-order valence-electron chi connectivity index (χ0n) is 9.36. The highest BCUT2D eigenvalue weighted by Gasteiger charge is 2.10. The molecule has 0 unspecified atom stereocenters. The molecule has 0 aliphatic heterocycles. The van der Waals surface area contributed by atoms with Crippen LogP contribution in [0.3, 0.4) is 0 Å². The maximum absolute atomic E-state index is 6.15. The van der Waals surface area contributed by atoms with Crippen LogP contribution < -0.4 is 4.90 Å². The minimum absolute atomic E-state index is 0.412. The minimum Gasteiger partial charge on any atom is -0.467 e. The maximum atomic E-state index is 6.15. The number of alkyl halides is 1. The molecular formula is C12H12Cl2N2O. The fourth-order valence-corrected chi connectivity index (χ4v) is 2.01. The number of halogens is 2. The van der Waals surface area contributed by atoms with Crippen molar-refractivity contribution >= 4 is 29.0 Å². The van der Waals surface area contributed by atoms with Crippen molar-refractivity contribution in [3.63, 3.8) is 0 Å². The van der Waals surface area contributed by atoms with Crippen LogP contribution in [0.5, 0.6) is 0 Å². The third-order valence-electron chi connectivity index (χ3n) is 2.37. The Morgan fingerprint density at radius 2 is 2.29 bits per heavy atom. The summed E-state index contributed by atoms with van der Waals surface area (Å²) >= 11 is 11.9. The fraction of sp³-hybridized carbons (Fsp3) is 0.250. The normalized spacial score (nSPS) is 10.5. The molecule has 17 heavy (non-hydrogen) atoms. The number of nitrogens with zero attached hydrogens (tertiary/aromatic N) is 2. The van der Waals surface area contributed by atoms with E-state index < -0.39 is 0 Å². The van der Waals surface area contributed by atoms with E-state index in [1.54, 1.807) is 12.5 Å². The monoisotopic (exact) mass is 270 g/mol. The second kappa shape index (κ2) is 5.43. The van der Waals surface area contributed by atoms with Crippen molar-refractivity contribution in [3.05, 3.63) is 47.0 Å². The summed E-state index contributed by atoms with van der Waals surface area (Å²) in [6, 6.07) is 5.60. The average molecular weight is 271 g/mol. The Morgan fingerprint density at radius 3 is 2.88 bits per heavy atom. The second-order valence-corrected chi connectivity index (χ2v) is 4.39. The molecule has 0 aliphatic carbocycles. The quantitative estimate of drug-likeness (QED) is 0.794. The average Bonchev–Trinajstić information content (AvgIpc) is 2.81. The van der Waals surface area contributed by atoms with Crippen LogP contribution in [0.15, 0.2) is 35.1 Å². The van der Waals surface area contributed by atoms with Crippen LogP contribution >= 0.6 is 23.2 Å². The van der Waals surface area contributed by atoms with Gasteiger partial charge >= 0.3 is 0 Å². The first-order valence-electron chi connectivity index (χ1n) is 5.14.